The second kappa shape index (κ2) is 3.97. The van der Waals surface area contributed by atoms with Gasteiger partial charge in [0.15, 0.2) is 0 Å². The Balaban J connectivity index is 2.61. The Morgan fingerprint density at radius 1 is 1.69 bits per heavy atom. The lowest BCUT2D eigenvalue weighted by Crippen LogP contribution is -2.29. The molecule has 0 amide bonds. The van der Waals surface area contributed by atoms with Crippen molar-refractivity contribution in [3.8, 4) is 0 Å². The van der Waals surface area contributed by atoms with E-state index in [9.17, 15) is 5.11 Å². The molecule has 0 fully saturated rings. The molecule has 0 aliphatic heterocycles. The second-order valence-corrected chi connectivity index (χ2v) is 4.06. The topological polar surface area (TPSA) is 32.3 Å². The van der Waals surface area contributed by atoms with Gasteiger partial charge in [0, 0.05) is 5.70 Å². The predicted molar refractivity (Wildman–Crippen MR) is 55.1 cm³/mol. The normalized spacial score (nSPS) is 29.7. The lowest BCUT2D eigenvalue weighted by molar-refractivity contribution is 0.164. The fourth-order valence-electron chi connectivity index (χ4n) is 1.56. The molecule has 0 aromatic carbocycles. The Morgan fingerprint density at radius 3 is 2.92 bits per heavy atom. The standard InChI is InChI=1S/C11H19NO/c1-4-11(3)7-5-6-10(8-11)12-9(2)13/h5-7,9,12-13H,4,8H2,1-3H3. The van der Waals surface area contributed by atoms with E-state index in [1.54, 1.807) is 6.92 Å². The van der Waals surface area contributed by atoms with Crippen LogP contribution in [0.4, 0.5) is 0 Å². The van der Waals surface area contributed by atoms with E-state index in [0.29, 0.717) is 0 Å². The fraction of sp³-hybridized carbons (Fsp3) is 0.636. The number of allylic oxidation sites excluding steroid dienone is 4. The Labute approximate surface area is 80.3 Å². The molecule has 0 saturated carbocycles. The van der Waals surface area contributed by atoms with Crippen molar-refractivity contribution in [2.24, 2.45) is 5.41 Å². The van der Waals surface area contributed by atoms with Gasteiger partial charge in [0.05, 0.1) is 0 Å². The van der Waals surface area contributed by atoms with Crippen LogP contribution in [0.1, 0.15) is 33.6 Å². The fourth-order valence-corrected chi connectivity index (χ4v) is 1.56. The van der Waals surface area contributed by atoms with E-state index in [-0.39, 0.29) is 5.41 Å². The maximum Gasteiger partial charge on any atom is 0.121 e. The molecular formula is C11H19NO. The van der Waals surface area contributed by atoms with Crippen LogP contribution in [0.25, 0.3) is 0 Å². The molecule has 2 N–H and O–H groups in total. The molecule has 1 aliphatic carbocycles. The smallest absolute Gasteiger partial charge is 0.121 e. The van der Waals surface area contributed by atoms with Crippen molar-refractivity contribution in [3.05, 3.63) is 23.9 Å². The molecule has 1 aliphatic rings. The minimum atomic E-state index is -0.459. The zero-order chi connectivity index (χ0) is 9.90. The maximum atomic E-state index is 9.17. The average molecular weight is 181 g/mol. The summed E-state index contributed by atoms with van der Waals surface area (Å²) < 4.78 is 0. The first kappa shape index (κ1) is 10.3. The zero-order valence-electron chi connectivity index (χ0n) is 8.67. The van der Waals surface area contributed by atoms with Gasteiger partial charge in [-0.3, -0.25) is 0 Å². The van der Waals surface area contributed by atoms with Crippen LogP contribution in [0, 0.1) is 5.41 Å². The van der Waals surface area contributed by atoms with Crippen molar-refractivity contribution < 1.29 is 5.11 Å². The first-order chi connectivity index (χ1) is 6.06. The maximum absolute atomic E-state index is 9.17. The molecule has 0 aromatic heterocycles. The van der Waals surface area contributed by atoms with E-state index in [4.69, 9.17) is 0 Å². The highest BCUT2D eigenvalue weighted by molar-refractivity contribution is 5.22. The van der Waals surface area contributed by atoms with Crippen LogP contribution in [0.5, 0.6) is 0 Å². The third kappa shape index (κ3) is 2.88. The highest BCUT2D eigenvalue weighted by Gasteiger charge is 2.22. The summed E-state index contributed by atoms with van der Waals surface area (Å²) >= 11 is 0. The van der Waals surface area contributed by atoms with Gasteiger partial charge in [0.1, 0.15) is 6.23 Å². The van der Waals surface area contributed by atoms with Gasteiger partial charge in [0.25, 0.3) is 0 Å². The van der Waals surface area contributed by atoms with Gasteiger partial charge in [-0.1, -0.05) is 26.0 Å². The average Bonchev–Trinajstić information content (AvgIpc) is 2.03. The number of hydrogen-bond donors (Lipinski definition) is 2. The highest BCUT2D eigenvalue weighted by Crippen LogP contribution is 2.33. The van der Waals surface area contributed by atoms with Crippen LogP contribution in [0.2, 0.25) is 0 Å². The van der Waals surface area contributed by atoms with Crippen molar-refractivity contribution >= 4 is 0 Å². The van der Waals surface area contributed by atoms with E-state index in [0.717, 1.165) is 18.5 Å². The molecule has 1 rings (SSSR count). The van der Waals surface area contributed by atoms with Gasteiger partial charge in [-0.15, -0.1) is 0 Å². The first-order valence-corrected chi connectivity index (χ1v) is 4.89. The van der Waals surface area contributed by atoms with Gasteiger partial charge >= 0.3 is 0 Å². The molecule has 0 saturated heterocycles. The summed E-state index contributed by atoms with van der Waals surface area (Å²) in [5.41, 5.74) is 1.38. The SMILES string of the molecule is CCC1(C)C=CC=C(NC(C)O)C1. The minimum absolute atomic E-state index is 0.256. The molecule has 0 bridgehead atoms. The van der Waals surface area contributed by atoms with Gasteiger partial charge in [-0.2, -0.15) is 0 Å². The zero-order valence-corrected chi connectivity index (χ0v) is 8.67. The molecule has 0 aromatic rings. The van der Waals surface area contributed by atoms with Gasteiger partial charge in [-0.25, -0.2) is 0 Å². The summed E-state index contributed by atoms with van der Waals surface area (Å²) in [6.45, 7) is 6.17. The third-order valence-electron chi connectivity index (χ3n) is 2.59. The monoisotopic (exact) mass is 181 g/mol. The third-order valence-corrected chi connectivity index (χ3v) is 2.59. The van der Waals surface area contributed by atoms with E-state index in [1.165, 1.54) is 0 Å². The van der Waals surface area contributed by atoms with E-state index in [1.807, 2.05) is 6.08 Å². The van der Waals surface area contributed by atoms with Gasteiger partial charge in [-0.05, 0) is 31.3 Å². The lowest BCUT2D eigenvalue weighted by atomic mass is 9.80. The number of nitrogens with one attached hydrogen (secondary N) is 1. The summed E-state index contributed by atoms with van der Waals surface area (Å²) in [6.07, 6.45) is 7.99. The number of hydrogen-bond acceptors (Lipinski definition) is 2. The summed E-state index contributed by atoms with van der Waals surface area (Å²) in [5, 5.41) is 12.2. The number of aliphatic hydroxyl groups excluding tert-OH is 1. The lowest BCUT2D eigenvalue weighted by Gasteiger charge is -2.29. The molecule has 0 heterocycles. The minimum Gasteiger partial charge on any atom is -0.374 e. The first-order valence-electron chi connectivity index (χ1n) is 4.89. The van der Waals surface area contributed by atoms with Crippen LogP contribution >= 0.6 is 0 Å². The predicted octanol–water partition coefficient (Wildman–Crippen LogP) is 2.17. The van der Waals surface area contributed by atoms with E-state index in [2.05, 4.69) is 31.3 Å². The molecule has 13 heavy (non-hydrogen) atoms. The summed E-state index contributed by atoms with van der Waals surface area (Å²) in [4.78, 5) is 0. The largest absolute Gasteiger partial charge is 0.374 e. The molecule has 0 radical (unpaired) electrons. The van der Waals surface area contributed by atoms with Gasteiger partial charge < -0.3 is 10.4 Å². The quantitative estimate of drug-likeness (QED) is 0.654. The molecule has 0 spiro atoms. The molecule has 2 atom stereocenters. The molecule has 74 valence electrons. The van der Waals surface area contributed by atoms with Crippen LogP contribution in [-0.4, -0.2) is 11.3 Å². The number of rotatable bonds is 3. The second-order valence-electron chi connectivity index (χ2n) is 4.06. The van der Waals surface area contributed by atoms with Crippen LogP contribution in [-0.2, 0) is 0 Å². The Kier molecular flexibility index (Phi) is 3.15. The van der Waals surface area contributed by atoms with Crippen molar-refractivity contribution in [1.82, 2.24) is 5.32 Å². The van der Waals surface area contributed by atoms with Crippen LogP contribution in [0.3, 0.4) is 0 Å². The van der Waals surface area contributed by atoms with E-state index < -0.39 is 6.23 Å². The summed E-state index contributed by atoms with van der Waals surface area (Å²) in [6, 6.07) is 0. The highest BCUT2D eigenvalue weighted by atomic mass is 16.3. The molecular weight excluding hydrogens is 162 g/mol. The van der Waals surface area contributed by atoms with E-state index >= 15 is 0 Å². The van der Waals surface area contributed by atoms with Crippen molar-refractivity contribution in [2.75, 3.05) is 0 Å². The number of aliphatic hydroxyl groups is 1. The summed E-state index contributed by atoms with van der Waals surface area (Å²) in [7, 11) is 0. The van der Waals surface area contributed by atoms with Crippen molar-refractivity contribution in [2.45, 2.75) is 39.8 Å². The molecule has 2 nitrogen and oxygen atoms in total. The van der Waals surface area contributed by atoms with Gasteiger partial charge in [0.2, 0.25) is 0 Å². The Bertz CT molecular complexity index is 230. The molecule has 2 heteroatoms. The molecule has 2 unspecified atom stereocenters. The van der Waals surface area contributed by atoms with Crippen molar-refractivity contribution in [3.63, 3.8) is 0 Å². The Hall–Kier alpha value is -0.760. The summed E-state index contributed by atoms with van der Waals surface area (Å²) in [5.74, 6) is 0. The van der Waals surface area contributed by atoms with Crippen LogP contribution in [0.15, 0.2) is 23.9 Å². The Morgan fingerprint density at radius 2 is 2.38 bits per heavy atom. The van der Waals surface area contributed by atoms with Crippen LogP contribution < -0.4 is 5.32 Å². The van der Waals surface area contributed by atoms with Crippen molar-refractivity contribution in [1.29, 1.82) is 0 Å².